The van der Waals surface area contributed by atoms with Crippen molar-refractivity contribution in [3.05, 3.63) is 0 Å². The van der Waals surface area contributed by atoms with E-state index in [1.165, 1.54) is 25.7 Å². The van der Waals surface area contributed by atoms with Crippen LogP contribution >= 0.6 is 0 Å². The summed E-state index contributed by atoms with van der Waals surface area (Å²) in [5.41, 5.74) is 0.269. The number of carbonyl (C=O) groups excluding carboxylic acids is 1. The molecule has 1 fully saturated rings. The fourth-order valence-electron chi connectivity index (χ4n) is 2.13. The lowest BCUT2D eigenvalue weighted by molar-refractivity contribution is -0.122. The quantitative estimate of drug-likeness (QED) is 0.518. The molecule has 0 aromatic heterocycles. The topological polar surface area (TPSA) is 61.4 Å². The van der Waals surface area contributed by atoms with E-state index < -0.39 is 0 Å². The van der Waals surface area contributed by atoms with E-state index in [0.717, 1.165) is 25.9 Å². The molecule has 106 valence electrons. The molecule has 1 aliphatic rings. The van der Waals surface area contributed by atoms with Gasteiger partial charge in [-0.05, 0) is 38.0 Å². The number of unbranched alkanes of at least 4 members (excludes halogenated alkanes) is 2. The van der Waals surface area contributed by atoms with E-state index in [2.05, 4.69) is 17.6 Å². The Morgan fingerprint density at radius 3 is 2.67 bits per heavy atom. The predicted octanol–water partition coefficient (Wildman–Crippen LogP) is 1.43. The first-order chi connectivity index (χ1) is 8.63. The maximum absolute atomic E-state index is 11.8. The van der Waals surface area contributed by atoms with Crippen LogP contribution in [0.5, 0.6) is 0 Å². The molecule has 1 saturated carbocycles. The first-order valence-corrected chi connectivity index (χ1v) is 7.25. The molecule has 4 heteroatoms. The summed E-state index contributed by atoms with van der Waals surface area (Å²) < 4.78 is 0. The zero-order valence-corrected chi connectivity index (χ0v) is 11.8. The van der Waals surface area contributed by atoms with Crippen molar-refractivity contribution in [1.29, 1.82) is 0 Å². The Labute approximate surface area is 111 Å². The van der Waals surface area contributed by atoms with Crippen LogP contribution in [0.25, 0.3) is 0 Å². The van der Waals surface area contributed by atoms with Crippen LogP contribution in [0, 0.1) is 5.41 Å². The Morgan fingerprint density at radius 1 is 1.39 bits per heavy atom. The van der Waals surface area contributed by atoms with Crippen molar-refractivity contribution in [3.63, 3.8) is 0 Å². The van der Waals surface area contributed by atoms with Crippen LogP contribution in [0.2, 0.25) is 0 Å². The SMILES string of the molecule is CCCCCNC(=O)C(C)NCC1(CCO)CC1. The second-order valence-electron chi connectivity index (χ2n) is 5.57. The Bertz CT molecular complexity index is 252. The molecule has 0 heterocycles. The number of aliphatic hydroxyl groups excluding tert-OH is 1. The van der Waals surface area contributed by atoms with Crippen molar-refractivity contribution in [3.8, 4) is 0 Å². The molecular weight excluding hydrogens is 228 g/mol. The van der Waals surface area contributed by atoms with Gasteiger partial charge in [-0.1, -0.05) is 19.8 Å². The minimum Gasteiger partial charge on any atom is -0.396 e. The van der Waals surface area contributed by atoms with Crippen LogP contribution in [0.4, 0.5) is 0 Å². The van der Waals surface area contributed by atoms with Crippen LogP contribution < -0.4 is 10.6 Å². The second-order valence-corrected chi connectivity index (χ2v) is 5.57. The highest BCUT2D eigenvalue weighted by molar-refractivity contribution is 5.81. The second kappa shape index (κ2) is 7.74. The molecule has 1 unspecified atom stereocenters. The molecule has 0 saturated heterocycles. The summed E-state index contributed by atoms with van der Waals surface area (Å²) in [6.07, 6.45) is 6.60. The van der Waals surface area contributed by atoms with Crippen molar-refractivity contribution >= 4 is 5.91 Å². The number of nitrogens with one attached hydrogen (secondary N) is 2. The monoisotopic (exact) mass is 256 g/mol. The van der Waals surface area contributed by atoms with Gasteiger partial charge in [0.2, 0.25) is 5.91 Å². The standard InChI is InChI=1S/C14H28N2O2/c1-3-4-5-9-15-13(18)12(2)16-11-14(6-7-14)8-10-17/h12,16-17H,3-11H2,1-2H3,(H,15,18). The molecule has 0 aliphatic heterocycles. The minimum absolute atomic E-state index is 0.0888. The van der Waals surface area contributed by atoms with E-state index in [1.54, 1.807) is 0 Å². The smallest absolute Gasteiger partial charge is 0.236 e. The average Bonchev–Trinajstić information content (AvgIpc) is 3.12. The lowest BCUT2D eigenvalue weighted by Gasteiger charge is -2.19. The summed E-state index contributed by atoms with van der Waals surface area (Å²) in [4.78, 5) is 11.8. The Balaban J connectivity index is 2.12. The number of carbonyl (C=O) groups is 1. The summed E-state index contributed by atoms with van der Waals surface area (Å²) in [6, 6.07) is -0.136. The van der Waals surface area contributed by atoms with Gasteiger partial charge in [0.1, 0.15) is 0 Å². The fraction of sp³-hybridized carbons (Fsp3) is 0.929. The van der Waals surface area contributed by atoms with E-state index in [-0.39, 0.29) is 24.0 Å². The molecule has 0 radical (unpaired) electrons. The Kier molecular flexibility index (Phi) is 6.65. The number of amides is 1. The van der Waals surface area contributed by atoms with E-state index in [9.17, 15) is 4.79 Å². The molecule has 18 heavy (non-hydrogen) atoms. The highest BCUT2D eigenvalue weighted by Gasteiger charge is 2.41. The van der Waals surface area contributed by atoms with Crippen molar-refractivity contribution in [2.45, 2.75) is 58.4 Å². The van der Waals surface area contributed by atoms with Gasteiger partial charge in [0, 0.05) is 19.7 Å². The third kappa shape index (κ3) is 5.36. The third-order valence-electron chi connectivity index (χ3n) is 3.86. The summed E-state index contributed by atoms with van der Waals surface area (Å²) in [7, 11) is 0. The maximum atomic E-state index is 11.8. The fourth-order valence-corrected chi connectivity index (χ4v) is 2.13. The third-order valence-corrected chi connectivity index (χ3v) is 3.86. The van der Waals surface area contributed by atoms with E-state index in [1.807, 2.05) is 6.92 Å². The molecular formula is C14H28N2O2. The minimum atomic E-state index is -0.136. The molecule has 0 spiro atoms. The van der Waals surface area contributed by atoms with Gasteiger partial charge in [-0.15, -0.1) is 0 Å². The van der Waals surface area contributed by atoms with Gasteiger partial charge in [-0.2, -0.15) is 0 Å². The molecule has 1 atom stereocenters. The van der Waals surface area contributed by atoms with E-state index in [0.29, 0.717) is 0 Å². The van der Waals surface area contributed by atoms with Crippen molar-refractivity contribution in [1.82, 2.24) is 10.6 Å². The molecule has 4 nitrogen and oxygen atoms in total. The largest absolute Gasteiger partial charge is 0.396 e. The van der Waals surface area contributed by atoms with Crippen molar-refractivity contribution in [2.75, 3.05) is 19.7 Å². The molecule has 1 aliphatic carbocycles. The first-order valence-electron chi connectivity index (χ1n) is 7.25. The van der Waals surface area contributed by atoms with Gasteiger partial charge >= 0.3 is 0 Å². The predicted molar refractivity (Wildman–Crippen MR) is 73.4 cm³/mol. The average molecular weight is 256 g/mol. The number of aliphatic hydroxyl groups is 1. The summed E-state index contributed by atoms with van der Waals surface area (Å²) in [6.45, 7) is 5.93. The van der Waals surface area contributed by atoms with E-state index in [4.69, 9.17) is 5.11 Å². The van der Waals surface area contributed by atoms with E-state index >= 15 is 0 Å². The van der Waals surface area contributed by atoms with Gasteiger partial charge in [-0.25, -0.2) is 0 Å². The highest BCUT2D eigenvalue weighted by Crippen LogP contribution is 2.47. The van der Waals surface area contributed by atoms with Gasteiger partial charge in [0.15, 0.2) is 0 Å². The first kappa shape index (κ1) is 15.4. The number of rotatable bonds is 10. The van der Waals surface area contributed by atoms with Crippen LogP contribution in [0.1, 0.15) is 52.4 Å². The van der Waals surface area contributed by atoms with Gasteiger partial charge in [0.25, 0.3) is 0 Å². The maximum Gasteiger partial charge on any atom is 0.236 e. The van der Waals surface area contributed by atoms with Gasteiger partial charge in [-0.3, -0.25) is 4.79 Å². The zero-order chi connectivity index (χ0) is 13.4. The molecule has 1 rings (SSSR count). The molecule has 0 aromatic rings. The van der Waals surface area contributed by atoms with Crippen LogP contribution in [-0.4, -0.2) is 36.8 Å². The van der Waals surface area contributed by atoms with Crippen LogP contribution in [0.15, 0.2) is 0 Å². The van der Waals surface area contributed by atoms with Crippen molar-refractivity contribution in [2.24, 2.45) is 5.41 Å². The molecule has 3 N–H and O–H groups in total. The summed E-state index contributed by atoms with van der Waals surface area (Å²) in [5.74, 6) is 0.0888. The normalized spacial score (nSPS) is 18.4. The Hall–Kier alpha value is -0.610. The van der Waals surface area contributed by atoms with Crippen LogP contribution in [0.3, 0.4) is 0 Å². The zero-order valence-electron chi connectivity index (χ0n) is 11.8. The Morgan fingerprint density at radius 2 is 2.11 bits per heavy atom. The number of hydrogen-bond acceptors (Lipinski definition) is 3. The molecule has 0 bridgehead atoms. The lowest BCUT2D eigenvalue weighted by Crippen LogP contribution is -2.44. The van der Waals surface area contributed by atoms with Gasteiger partial charge in [0.05, 0.1) is 6.04 Å². The van der Waals surface area contributed by atoms with Crippen molar-refractivity contribution < 1.29 is 9.90 Å². The summed E-state index contributed by atoms with van der Waals surface area (Å²) >= 11 is 0. The van der Waals surface area contributed by atoms with Gasteiger partial charge < -0.3 is 15.7 Å². The van der Waals surface area contributed by atoms with Crippen LogP contribution in [-0.2, 0) is 4.79 Å². The highest BCUT2D eigenvalue weighted by atomic mass is 16.3. The number of hydrogen-bond donors (Lipinski definition) is 3. The summed E-state index contributed by atoms with van der Waals surface area (Å²) in [5, 5.41) is 15.2. The molecule has 1 amide bonds. The molecule has 0 aromatic carbocycles. The lowest BCUT2D eigenvalue weighted by atomic mass is 10.0.